The van der Waals surface area contributed by atoms with Crippen molar-refractivity contribution in [3.63, 3.8) is 0 Å². The number of pyridine rings is 1. The van der Waals surface area contributed by atoms with E-state index in [2.05, 4.69) is 75.8 Å². The number of fused-ring (bicyclic) bond motifs is 2. The first-order chi connectivity index (χ1) is 18.5. The number of hydrogen-bond acceptors (Lipinski definition) is 4. The van der Waals surface area contributed by atoms with E-state index in [1.807, 2.05) is 49.5 Å². The van der Waals surface area contributed by atoms with Gasteiger partial charge in [-0.05, 0) is 85.1 Å². The van der Waals surface area contributed by atoms with Crippen molar-refractivity contribution in [1.29, 1.82) is 0 Å². The molecule has 0 amide bonds. The molecule has 4 nitrogen and oxygen atoms in total. The monoisotopic (exact) mass is 568 g/mol. The van der Waals surface area contributed by atoms with Crippen molar-refractivity contribution in [2.45, 2.75) is 30.8 Å². The number of aliphatic hydroxyl groups is 1. The highest BCUT2D eigenvalue weighted by Gasteiger charge is 2.42. The second kappa shape index (κ2) is 11.6. The molecule has 1 aromatic heterocycles. The molecule has 2 unspecified atom stereocenters. The predicted molar refractivity (Wildman–Crippen MR) is 160 cm³/mol. The van der Waals surface area contributed by atoms with E-state index >= 15 is 0 Å². The third-order valence-corrected chi connectivity index (χ3v) is 7.86. The molecule has 5 heteroatoms. The molecule has 1 heterocycles. The summed E-state index contributed by atoms with van der Waals surface area (Å²) in [5.41, 5.74) is 2.43. The molecule has 0 bridgehead atoms. The molecule has 0 saturated heterocycles. The third-order valence-electron chi connectivity index (χ3n) is 7.37. The minimum absolute atomic E-state index is 0.398. The van der Waals surface area contributed by atoms with Crippen LogP contribution < -0.4 is 10.1 Å². The Bertz CT molecular complexity index is 1540. The predicted octanol–water partition coefficient (Wildman–Crippen LogP) is 7.57. The summed E-state index contributed by atoms with van der Waals surface area (Å²) in [6.45, 7) is 0.901. The molecule has 38 heavy (non-hydrogen) atoms. The van der Waals surface area contributed by atoms with E-state index in [4.69, 9.17) is 9.72 Å². The van der Waals surface area contributed by atoms with Gasteiger partial charge in [-0.1, -0.05) is 82.7 Å². The van der Waals surface area contributed by atoms with Crippen LogP contribution in [0.1, 0.15) is 41.9 Å². The fraction of sp³-hybridized carbons (Fsp3) is 0.242. The Morgan fingerprint density at radius 1 is 0.868 bits per heavy atom. The molecule has 0 aliphatic rings. The number of halogens is 1. The second-order valence-electron chi connectivity index (χ2n) is 9.81. The largest absolute Gasteiger partial charge is 0.481 e. The van der Waals surface area contributed by atoms with Gasteiger partial charge in [-0.15, -0.1) is 0 Å². The summed E-state index contributed by atoms with van der Waals surface area (Å²) in [6.07, 6.45) is 2.42. The minimum Gasteiger partial charge on any atom is -0.481 e. The summed E-state index contributed by atoms with van der Waals surface area (Å²) in [7, 11) is 3.62. The standard InChI is InChI=1S/C33H33BrN2O2/c1-35-19-9-8-18-33(37,27-15-14-23-10-6-7-13-25(23)20-27)31(24-11-4-3-5-12-24)29-22-26-21-28(34)16-17-30(26)36-32(29)38-2/h3-7,10-17,20-22,31,35,37H,8-9,18-19H2,1-2H3. The molecule has 0 spiro atoms. The maximum atomic E-state index is 12.9. The van der Waals surface area contributed by atoms with E-state index < -0.39 is 11.5 Å². The van der Waals surface area contributed by atoms with E-state index in [0.29, 0.717) is 12.3 Å². The highest BCUT2D eigenvalue weighted by molar-refractivity contribution is 9.10. The normalized spacial score (nSPS) is 13.9. The van der Waals surface area contributed by atoms with Crippen LogP contribution in [0.4, 0.5) is 0 Å². The SMILES string of the molecule is CNCCCCC(O)(c1ccc2ccccc2c1)C(c1ccccc1)c1cc2cc(Br)ccc2nc1OC. The molecule has 0 aliphatic heterocycles. The van der Waals surface area contributed by atoms with E-state index in [1.165, 1.54) is 0 Å². The fourth-order valence-corrected chi connectivity index (χ4v) is 5.86. The number of hydrogen-bond donors (Lipinski definition) is 2. The van der Waals surface area contributed by atoms with Gasteiger partial charge >= 0.3 is 0 Å². The third kappa shape index (κ3) is 5.32. The first-order valence-electron chi connectivity index (χ1n) is 13.1. The maximum Gasteiger partial charge on any atom is 0.217 e. The van der Waals surface area contributed by atoms with Crippen LogP contribution in [0, 0.1) is 0 Å². The zero-order valence-corrected chi connectivity index (χ0v) is 23.4. The number of methoxy groups -OCH3 is 1. The Morgan fingerprint density at radius 2 is 1.63 bits per heavy atom. The number of unbranched alkanes of at least 4 members (excludes halogenated alkanes) is 1. The van der Waals surface area contributed by atoms with Gasteiger partial charge in [-0.2, -0.15) is 0 Å². The Morgan fingerprint density at radius 3 is 2.39 bits per heavy atom. The molecule has 0 radical (unpaired) electrons. The van der Waals surface area contributed by atoms with Gasteiger partial charge in [0.05, 0.1) is 12.6 Å². The summed E-state index contributed by atoms with van der Waals surface area (Å²) < 4.78 is 6.87. The fourth-order valence-electron chi connectivity index (χ4n) is 5.48. The Hall–Kier alpha value is -3.25. The van der Waals surface area contributed by atoms with E-state index in [-0.39, 0.29) is 0 Å². The summed E-state index contributed by atoms with van der Waals surface area (Å²) in [4.78, 5) is 4.88. The van der Waals surface area contributed by atoms with Crippen LogP contribution in [0.5, 0.6) is 5.88 Å². The molecule has 5 aromatic rings. The Kier molecular flexibility index (Phi) is 8.08. The van der Waals surface area contributed by atoms with Crippen molar-refractivity contribution in [3.05, 3.63) is 118 Å². The lowest BCUT2D eigenvalue weighted by Gasteiger charge is -2.38. The molecular weight excluding hydrogens is 536 g/mol. The van der Waals surface area contributed by atoms with Gasteiger partial charge in [0.2, 0.25) is 5.88 Å². The van der Waals surface area contributed by atoms with Gasteiger partial charge in [0.25, 0.3) is 0 Å². The Labute approximate surface area is 232 Å². The van der Waals surface area contributed by atoms with Crippen LogP contribution in [-0.4, -0.2) is 30.8 Å². The van der Waals surface area contributed by atoms with Gasteiger partial charge in [0.1, 0.15) is 5.60 Å². The second-order valence-corrected chi connectivity index (χ2v) is 10.7. The van der Waals surface area contributed by atoms with Crippen LogP contribution in [0.2, 0.25) is 0 Å². The number of aromatic nitrogens is 1. The van der Waals surface area contributed by atoms with Crippen LogP contribution >= 0.6 is 15.9 Å². The van der Waals surface area contributed by atoms with Crippen LogP contribution in [-0.2, 0) is 5.60 Å². The first kappa shape index (κ1) is 26.4. The van der Waals surface area contributed by atoms with E-state index in [9.17, 15) is 5.11 Å². The van der Waals surface area contributed by atoms with Gasteiger partial charge in [-0.3, -0.25) is 0 Å². The maximum absolute atomic E-state index is 12.9. The van der Waals surface area contributed by atoms with Gasteiger partial charge in [0.15, 0.2) is 0 Å². The zero-order chi connectivity index (χ0) is 26.5. The molecule has 2 N–H and O–H groups in total. The number of ether oxygens (including phenoxy) is 1. The summed E-state index contributed by atoms with van der Waals surface area (Å²) in [5, 5.41) is 19.4. The number of benzene rings is 4. The van der Waals surface area contributed by atoms with Crippen molar-refractivity contribution >= 4 is 37.6 Å². The highest BCUT2D eigenvalue weighted by Crippen LogP contribution is 2.48. The van der Waals surface area contributed by atoms with Crippen LogP contribution in [0.3, 0.4) is 0 Å². The van der Waals surface area contributed by atoms with E-state index in [0.717, 1.165) is 62.2 Å². The van der Waals surface area contributed by atoms with Crippen LogP contribution in [0.15, 0.2) is 102 Å². The van der Waals surface area contributed by atoms with Crippen molar-refractivity contribution in [2.24, 2.45) is 0 Å². The lowest BCUT2D eigenvalue weighted by Crippen LogP contribution is -2.35. The average molecular weight is 570 g/mol. The molecule has 194 valence electrons. The average Bonchev–Trinajstić information content (AvgIpc) is 2.95. The minimum atomic E-state index is -1.20. The molecule has 2 atom stereocenters. The summed E-state index contributed by atoms with van der Waals surface area (Å²) in [5.74, 6) is 0.133. The molecular formula is C33H33BrN2O2. The first-order valence-corrected chi connectivity index (χ1v) is 13.9. The number of nitrogens with one attached hydrogen (secondary N) is 1. The lowest BCUT2D eigenvalue weighted by molar-refractivity contribution is 0.00732. The summed E-state index contributed by atoms with van der Waals surface area (Å²) >= 11 is 3.61. The zero-order valence-electron chi connectivity index (χ0n) is 21.8. The molecule has 0 saturated carbocycles. The topological polar surface area (TPSA) is 54.4 Å². The van der Waals surface area contributed by atoms with E-state index in [1.54, 1.807) is 7.11 Å². The van der Waals surface area contributed by atoms with Crippen molar-refractivity contribution in [1.82, 2.24) is 10.3 Å². The van der Waals surface area contributed by atoms with Crippen molar-refractivity contribution in [2.75, 3.05) is 20.7 Å². The summed E-state index contributed by atoms with van der Waals surface area (Å²) in [6, 6.07) is 33.0. The van der Waals surface area contributed by atoms with Gasteiger partial charge < -0.3 is 15.2 Å². The van der Waals surface area contributed by atoms with Gasteiger partial charge in [0, 0.05) is 21.3 Å². The Balaban J connectivity index is 1.76. The van der Waals surface area contributed by atoms with Crippen molar-refractivity contribution < 1.29 is 9.84 Å². The molecule has 5 rings (SSSR count). The lowest BCUT2D eigenvalue weighted by atomic mass is 9.71. The molecule has 4 aromatic carbocycles. The van der Waals surface area contributed by atoms with Gasteiger partial charge in [-0.25, -0.2) is 4.98 Å². The van der Waals surface area contributed by atoms with Crippen molar-refractivity contribution in [3.8, 4) is 5.88 Å². The van der Waals surface area contributed by atoms with Crippen LogP contribution in [0.25, 0.3) is 21.7 Å². The number of rotatable bonds is 10. The molecule has 0 aliphatic carbocycles. The number of nitrogens with zero attached hydrogens (tertiary/aromatic N) is 1. The molecule has 0 fully saturated rings. The highest BCUT2D eigenvalue weighted by atomic mass is 79.9. The quantitative estimate of drug-likeness (QED) is 0.170. The smallest absolute Gasteiger partial charge is 0.217 e.